The van der Waals surface area contributed by atoms with E-state index >= 15 is 0 Å². The maximum absolute atomic E-state index is 11.7. The lowest BCUT2D eigenvalue weighted by Crippen LogP contribution is -2.32. The fraction of sp³-hybridized carbons (Fsp3) is 0.833. The average molecular weight is 294 g/mol. The van der Waals surface area contributed by atoms with Crippen LogP contribution in [-0.4, -0.2) is 22.8 Å². The molecule has 0 aromatic carbocycles. The number of ether oxygens (including phenoxy) is 1. The standard InChI is InChI=1S/C18H30O3/c1-5-6-9-17(3,4)15(19)8-11-18-10-7-13(2)14(18)12-16(20)21-18/h8,11,13-15,19H,5-7,9-10,12H2,1-4H3/t13-,14-,15+,18+/m1/s1. The van der Waals surface area contributed by atoms with Gasteiger partial charge in [0.25, 0.3) is 0 Å². The van der Waals surface area contributed by atoms with Crippen molar-refractivity contribution in [2.75, 3.05) is 0 Å². The summed E-state index contributed by atoms with van der Waals surface area (Å²) in [6.45, 7) is 8.57. The zero-order valence-corrected chi connectivity index (χ0v) is 13.9. The van der Waals surface area contributed by atoms with Gasteiger partial charge in [-0.25, -0.2) is 0 Å². The molecular weight excluding hydrogens is 264 g/mol. The molecule has 1 aliphatic heterocycles. The van der Waals surface area contributed by atoms with Gasteiger partial charge in [0.2, 0.25) is 0 Å². The summed E-state index contributed by atoms with van der Waals surface area (Å²) in [5, 5.41) is 10.5. The molecular formula is C18H30O3. The van der Waals surface area contributed by atoms with Gasteiger partial charge in [0.05, 0.1) is 12.5 Å². The number of esters is 1. The van der Waals surface area contributed by atoms with E-state index in [2.05, 4.69) is 27.7 Å². The summed E-state index contributed by atoms with van der Waals surface area (Å²) in [5.74, 6) is 0.717. The van der Waals surface area contributed by atoms with Gasteiger partial charge in [-0.2, -0.15) is 0 Å². The SMILES string of the molecule is CCCCC(C)(C)[C@@H](O)C=C[C@@]12CC[C@@H](C)[C@H]1CC(=O)O2. The lowest BCUT2D eigenvalue weighted by molar-refractivity contribution is -0.145. The molecule has 3 nitrogen and oxygen atoms in total. The molecule has 1 saturated carbocycles. The third-order valence-corrected chi connectivity index (χ3v) is 5.53. The lowest BCUT2D eigenvalue weighted by atomic mass is 9.80. The van der Waals surface area contributed by atoms with Crippen molar-refractivity contribution in [2.24, 2.45) is 17.3 Å². The van der Waals surface area contributed by atoms with E-state index in [1.165, 1.54) is 0 Å². The van der Waals surface area contributed by atoms with E-state index in [1.807, 2.05) is 12.2 Å². The monoisotopic (exact) mass is 294 g/mol. The zero-order chi connectivity index (χ0) is 15.7. The number of hydrogen-bond donors (Lipinski definition) is 1. The summed E-state index contributed by atoms with van der Waals surface area (Å²) < 4.78 is 5.65. The van der Waals surface area contributed by atoms with E-state index in [-0.39, 0.29) is 17.3 Å². The number of aliphatic hydroxyl groups excluding tert-OH is 1. The van der Waals surface area contributed by atoms with Crippen LogP contribution < -0.4 is 0 Å². The average Bonchev–Trinajstić information content (AvgIpc) is 2.90. The van der Waals surface area contributed by atoms with Crippen LogP contribution in [-0.2, 0) is 9.53 Å². The molecule has 2 rings (SSSR count). The number of carbonyl (C=O) groups is 1. The van der Waals surface area contributed by atoms with Crippen LogP contribution in [0.4, 0.5) is 0 Å². The van der Waals surface area contributed by atoms with Crippen molar-refractivity contribution in [1.29, 1.82) is 0 Å². The zero-order valence-electron chi connectivity index (χ0n) is 13.9. The molecule has 0 spiro atoms. The summed E-state index contributed by atoms with van der Waals surface area (Å²) >= 11 is 0. The number of rotatable bonds is 6. The Hall–Kier alpha value is -0.830. The predicted molar refractivity (Wildman–Crippen MR) is 83.8 cm³/mol. The van der Waals surface area contributed by atoms with E-state index in [9.17, 15) is 9.90 Å². The second kappa shape index (κ2) is 6.12. The highest BCUT2D eigenvalue weighted by molar-refractivity contribution is 5.73. The molecule has 0 aromatic rings. The van der Waals surface area contributed by atoms with Gasteiger partial charge in [-0.3, -0.25) is 4.79 Å². The van der Waals surface area contributed by atoms with E-state index in [0.717, 1.165) is 32.1 Å². The van der Waals surface area contributed by atoms with E-state index in [1.54, 1.807) is 0 Å². The number of hydrogen-bond acceptors (Lipinski definition) is 3. The van der Waals surface area contributed by atoms with Gasteiger partial charge in [0.1, 0.15) is 5.60 Å². The van der Waals surface area contributed by atoms with Crippen molar-refractivity contribution in [3.8, 4) is 0 Å². The van der Waals surface area contributed by atoms with Gasteiger partial charge in [-0.05, 0) is 36.7 Å². The van der Waals surface area contributed by atoms with Crippen LogP contribution in [0.25, 0.3) is 0 Å². The normalized spacial score (nSPS) is 34.2. The fourth-order valence-corrected chi connectivity index (χ4v) is 3.79. The summed E-state index contributed by atoms with van der Waals surface area (Å²) in [6.07, 6.45) is 9.15. The number of fused-ring (bicyclic) bond motifs is 1. The minimum atomic E-state index is -0.491. The largest absolute Gasteiger partial charge is 0.454 e. The van der Waals surface area contributed by atoms with Crippen molar-refractivity contribution in [3.05, 3.63) is 12.2 Å². The highest BCUT2D eigenvalue weighted by atomic mass is 16.6. The van der Waals surface area contributed by atoms with Gasteiger partial charge in [-0.1, -0.05) is 46.6 Å². The molecule has 2 fully saturated rings. The smallest absolute Gasteiger partial charge is 0.307 e. The molecule has 4 atom stereocenters. The summed E-state index contributed by atoms with van der Waals surface area (Å²) in [4.78, 5) is 11.7. The quantitative estimate of drug-likeness (QED) is 0.598. The minimum Gasteiger partial charge on any atom is -0.454 e. The molecule has 0 unspecified atom stereocenters. The lowest BCUT2D eigenvalue weighted by Gasteiger charge is -2.30. The molecule has 1 aliphatic carbocycles. The number of aliphatic hydroxyl groups is 1. The Balaban J connectivity index is 2.07. The summed E-state index contributed by atoms with van der Waals surface area (Å²) in [5.41, 5.74) is -0.580. The van der Waals surface area contributed by atoms with Crippen LogP contribution in [0, 0.1) is 17.3 Å². The molecule has 0 amide bonds. The highest BCUT2D eigenvalue weighted by Gasteiger charge is 2.53. The van der Waals surface area contributed by atoms with Crippen LogP contribution in [0.1, 0.15) is 66.2 Å². The Bertz CT molecular complexity index is 413. The van der Waals surface area contributed by atoms with Crippen LogP contribution in [0.5, 0.6) is 0 Å². The first kappa shape index (κ1) is 16.5. The first-order valence-corrected chi connectivity index (χ1v) is 8.40. The molecule has 0 aromatic heterocycles. The highest BCUT2D eigenvalue weighted by Crippen LogP contribution is 2.50. The maximum atomic E-state index is 11.7. The van der Waals surface area contributed by atoms with Crippen LogP contribution in [0.2, 0.25) is 0 Å². The maximum Gasteiger partial charge on any atom is 0.307 e. The van der Waals surface area contributed by atoms with Crippen LogP contribution in [0.3, 0.4) is 0 Å². The van der Waals surface area contributed by atoms with Crippen molar-refractivity contribution in [1.82, 2.24) is 0 Å². The molecule has 21 heavy (non-hydrogen) atoms. The fourth-order valence-electron chi connectivity index (χ4n) is 3.79. The summed E-state index contributed by atoms with van der Waals surface area (Å²) in [6, 6.07) is 0. The molecule has 120 valence electrons. The predicted octanol–water partition coefficient (Wildman–Crippen LogP) is 3.85. The number of carbonyl (C=O) groups excluding carboxylic acids is 1. The molecule has 1 saturated heterocycles. The Labute approximate surface area is 128 Å². The van der Waals surface area contributed by atoms with Gasteiger partial charge in [0.15, 0.2) is 0 Å². The second-order valence-corrected chi connectivity index (χ2v) is 7.65. The van der Waals surface area contributed by atoms with Crippen molar-refractivity contribution in [3.63, 3.8) is 0 Å². The Morgan fingerprint density at radius 1 is 1.52 bits per heavy atom. The summed E-state index contributed by atoms with van der Waals surface area (Å²) in [7, 11) is 0. The number of unbranched alkanes of at least 4 members (excludes halogenated alkanes) is 1. The molecule has 0 radical (unpaired) electrons. The van der Waals surface area contributed by atoms with Crippen LogP contribution >= 0.6 is 0 Å². The van der Waals surface area contributed by atoms with Gasteiger partial charge < -0.3 is 9.84 Å². The Kier molecular flexibility index (Phi) is 4.82. The first-order valence-electron chi connectivity index (χ1n) is 8.40. The van der Waals surface area contributed by atoms with E-state index in [0.29, 0.717) is 12.3 Å². The van der Waals surface area contributed by atoms with Crippen molar-refractivity contribution < 1.29 is 14.6 Å². The third-order valence-electron chi connectivity index (χ3n) is 5.53. The Morgan fingerprint density at radius 3 is 2.90 bits per heavy atom. The second-order valence-electron chi connectivity index (χ2n) is 7.65. The molecule has 1 N–H and O–H groups in total. The van der Waals surface area contributed by atoms with E-state index in [4.69, 9.17) is 4.74 Å². The minimum absolute atomic E-state index is 0.0871. The topological polar surface area (TPSA) is 46.5 Å². The third kappa shape index (κ3) is 3.33. The Morgan fingerprint density at radius 2 is 2.24 bits per heavy atom. The van der Waals surface area contributed by atoms with Gasteiger partial charge in [-0.15, -0.1) is 0 Å². The van der Waals surface area contributed by atoms with E-state index < -0.39 is 11.7 Å². The van der Waals surface area contributed by atoms with Gasteiger partial charge in [0, 0.05) is 5.92 Å². The van der Waals surface area contributed by atoms with Gasteiger partial charge >= 0.3 is 5.97 Å². The molecule has 0 bridgehead atoms. The van der Waals surface area contributed by atoms with Crippen LogP contribution in [0.15, 0.2) is 12.2 Å². The molecule has 2 aliphatic rings. The molecule has 1 heterocycles. The first-order chi connectivity index (χ1) is 9.81. The van der Waals surface area contributed by atoms with Crippen molar-refractivity contribution in [2.45, 2.75) is 77.9 Å². The van der Waals surface area contributed by atoms with Crippen molar-refractivity contribution >= 4 is 5.97 Å². The molecule has 3 heteroatoms.